The molecule has 0 aliphatic rings. The van der Waals surface area contributed by atoms with E-state index >= 15 is 0 Å². The third-order valence-corrected chi connectivity index (χ3v) is 1.56. The summed E-state index contributed by atoms with van der Waals surface area (Å²) in [6.45, 7) is 0.169. The number of carboxylic acid groups (broad SMARTS) is 1. The van der Waals surface area contributed by atoms with Crippen molar-refractivity contribution in [1.82, 2.24) is 5.32 Å². The molecular formula is C8H13F2NO3. The largest absolute Gasteiger partial charge is 0.481 e. The van der Waals surface area contributed by atoms with E-state index in [0.29, 0.717) is 19.3 Å². The highest BCUT2D eigenvalue weighted by atomic mass is 19.3. The third-order valence-electron chi connectivity index (χ3n) is 1.56. The first-order valence-corrected chi connectivity index (χ1v) is 4.31. The van der Waals surface area contributed by atoms with Gasteiger partial charge in [-0.15, -0.1) is 0 Å². The molecule has 0 aromatic heterocycles. The number of carbonyl (C=O) groups is 2. The summed E-state index contributed by atoms with van der Waals surface area (Å²) in [4.78, 5) is 20.4. The van der Waals surface area contributed by atoms with E-state index in [1.165, 1.54) is 0 Å². The second-order valence-corrected chi connectivity index (χ2v) is 2.80. The van der Waals surface area contributed by atoms with Crippen LogP contribution in [0.25, 0.3) is 0 Å². The number of aliphatic carboxylic acids is 1. The van der Waals surface area contributed by atoms with Crippen LogP contribution in [0.3, 0.4) is 0 Å². The summed E-state index contributed by atoms with van der Waals surface area (Å²) in [6, 6.07) is 0. The van der Waals surface area contributed by atoms with Crippen LogP contribution in [0.5, 0.6) is 0 Å². The maximum Gasteiger partial charge on any atom is 0.315 e. The Hall–Kier alpha value is -1.20. The highest BCUT2D eigenvalue weighted by molar-refractivity contribution is 5.78. The maximum absolute atomic E-state index is 11.6. The van der Waals surface area contributed by atoms with Crippen molar-refractivity contribution >= 4 is 11.9 Å². The molecule has 0 aliphatic heterocycles. The van der Waals surface area contributed by atoms with Crippen LogP contribution in [0.4, 0.5) is 8.78 Å². The van der Waals surface area contributed by atoms with Gasteiger partial charge in [-0.1, -0.05) is 6.42 Å². The molecule has 0 saturated heterocycles. The van der Waals surface area contributed by atoms with Gasteiger partial charge in [-0.3, -0.25) is 9.59 Å². The van der Waals surface area contributed by atoms with Gasteiger partial charge in [0.2, 0.25) is 0 Å². The summed E-state index contributed by atoms with van der Waals surface area (Å²) in [7, 11) is 0. The van der Waals surface area contributed by atoms with Crippen LogP contribution in [-0.2, 0) is 9.59 Å². The van der Waals surface area contributed by atoms with Gasteiger partial charge in [0.15, 0.2) is 0 Å². The van der Waals surface area contributed by atoms with Gasteiger partial charge in [-0.25, -0.2) is 0 Å². The van der Waals surface area contributed by atoms with Gasteiger partial charge < -0.3 is 10.4 Å². The average Bonchev–Trinajstić information content (AvgIpc) is 2.09. The molecule has 0 aromatic rings. The van der Waals surface area contributed by atoms with Crippen LogP contribution in [0.1, 0.15) is 25.7 Å². The van der Waals surface area contributed by atoms with Crippen molar-refractivity contribution in [3.63, 3.8) is 0 Å². The third kappa shape index (κ3) is 7.45. The number of amides is 1. The van der Waals surface area contributed by atoms with Crippen LogP contribution in [0, 0.1) is 0 Å². The highest BCUT2D eigenvalue weighted by Gasteiger charge is 2.13. The van der Waals surface area contributed by atoms with Crippen LogP contribution in [0.15, 0.2) is 0 Å². The number of nitrogens with one attached hydrogen (secondary N) is 1. The molecule has 0 atom stereocenters. The van der Waals surface area contributed by atoms with E-state index in [2.05, 4.69) is 0 Å². The summed E-state index contributed by atoms with van der Waals surface area (Å²) in [6.07, 6.45) is -1.28. The summed E-state index contributed by atoms with van der Waals surface area (Å²) in [5.74, 6) is -2.15. The molecule has 0 aromatic carbocycles. The summed E-state index contributed by atoms with van der Waals surface area (Å²) in [5.41, 5.74) is 0. The van der Waals surface area contributed by atoms with Gasteiger partial charge in [-0.2, -0.15) is 8.78 Å². The fraction of sp³-hybridized carbons (Fsp3) is 0.750. The Morgan fingerprint density at radius 2 is 1.86 bits per heavy atom. The van der Waals surface area contributed by atoms with Gasteiger partial charge in [0.05, 0.1) is 0 Å². The van der Waals surface area contributed by atoms with E-state index in [9.17, 15) is 18.4 Å². The number of rotatable bonds is 7. The Labute approximate surface area is 80.3 Å². The molecule has 0 rings (SSSR count). The van der Waals surface area contributed by atoms with Crippen LogP contribution in [0.2, 0.25) is 0 Å². The lowest BCUT2D eigenvalue weighted by Gasteiger charge is -2.02. The van der Waals surface area contributed by atoms with Crippen molar-refractivity contribution in [2.45, 2.75) is 32.1 Å². The lowest BCUT2D eigenvalue weighted by Crippen LogP contribution is -2.30. The normalized spacial score (nSPS) is 10.2. The molecule has 1 amide bonds. The monoisotopic (exact) mass is 209 g/mol. The standard InChI is InChI=1S/C8H13F2NO3/c9-7(10)8(14)11-5-3-1-2-4-6(12)13/h7H,1-5H2,(H,11,14)(H,12,13). The first-order valence-electron chi connectivity index (χ1n) is 4.31. The number of hydrogen-bond acceptors (Lipinski definition) is 2. The quantitative estimate of drug-likeness (QED) is 0.615. The Morgan fingerprint density at radius 3 is 2.36 bits per heavy atom. The zero-order valence-electron chi connectivity index (χ0n) is 7.63. The summed E-state index contributed by atoms with van der Waals surface area (Å²) in [5, 5.41) is 10.3. The zero-order valence-corrected chi connectivity index (χ0v) is 7.63. The molecule has 2 N–H and O–H groups in total. The molecule has 82 valence electrons. The molecule has 0 aliphatic carbocycles. The number of unbranched alkanes of at least 4 members (excludes halogenated alkanes) is 2. The van der Waals surface area contributed by atoms with E-state index in [1.807, 2.05) is 5.32 Å². The minimum absolute atomic E-state index is 0.0722. The van der Waals surface area contributed by atoms with Gasteiger partial charge in [0, 0.05) is 13.0 Å². The Balaban J connectivity index is 3.22. The average molecular weight is 209 g/mol. The van der Waals surface area contributed by atoms with Crippen molar-refractivity contribution in [3.8, 4) is 0 Å². The molecule has 0 unspecified atom stereocenters. The number of hydrogen-bond donors (Lipinski definition) is 2. The Kier molecular flexibility index (Phi) is 6.61. The molecule has 4 nitrogen and oxygen atoms in total. The van der Waals surface area contributed by atoms with E-state index in [-0.39, 0.29) is 13.0 Å². The molecule has 0 radical (unpaired) electrons. The number of carboxylic acids is 1. The van der Waals surface area contributed by atoms with Gasteiger partial charge >= 0.3 is 12.4 Å². The van der Waals surface area contributed by atoms with Gasteiger partial charge in [0.25, 0.3) is 5.91 Å². The predicted octanol–water partition coefficient (Wildman–Crippen LogP) is 1.01. The first kappa shape index (κ1) is 12.8. The van der Waals surface area contributed by atoms with Crippen molar-refractivity contribution in [1.29, 1.82) is 0 Å². The highest BCUT2D eigenvalue weighted by Crippen LogP contribution is 1.99. The topological polar surface area (TPSA) is 66.4 Å². The van der Waals surface area contributed by atoms with Crippen molar-refractivity contribution < 1.29 is 23.5 Å². The molecule has 0 fully saturated rings. The van der Waals surface area contributed by atoms with Crippen LogP contribution in [-0.4, -0.2) is 30.0 Å². The lowest BCUT2D eigenvalue weighted by molar-refractivity contribution is -0.137. The summed E-state index contributed by atoms with van der Waals surface area (Å²) < 4.78 is 23.2. The van der Waals surface area contributed by atoms with E-state index in [1.54, 1.807) is 0 Å². The minimum Gasteiger partial charge on any atom is -0.481 e. The molecular weight excluding hydrogens is 196 g/mol. The predicted molar refractivity (Wildman–Crippen MR) is 45.1 cm³/mol. The van der Waals surface area contributed by atoms with Gasteiger partial charge in [-0.05, 0) is 12.8 Å². The van der Waals surface area contributed by atoms with Crippen LogP contribution >= 0.6 is 0 Å². The van der Waals surface area contributed by atoms with E-state index < -0.39 is 18.3 Å². The fourth-order valence-corrected chi connectivity index (χ4v) is 0.867. The van der Waals surface area contributed by atoms with Crippen molar-refractivity contribution in [3.05, 3.63) is 0 Å². The zero-order chi connectivity index (χ0) is 11.0. The lowest BCUT2D eigenvalue weighted by atomic mass is 10.2. The molecule has 0 spiro atoms. The molecule has 14 heavy (non-hydrogen) atoms. The SMILES string of the molecule is O=C(O)CCCCCNC(=O)C(F)F. The van der Waals surface area contributed by atoms with Crippen LogP contribution < -0.4 is 5.32 Å². The summed E-state index contributed by atoms with van der Waals surface area (Å²) >= 11 is 0. The first-order chi connectivity index (χ1) is 6.54. The Morgan fingerprint density at radius 1 is 1.21 bits per heavy atom. The minimum atomic E-state index is -2.98. The van der Waals surface area contributed by atoms with Crippen molar-refractivity contribution in [2.24, 2.45) is 0 Å². The second kappa shape index (κ2) is 7.23. The maximum atomic E-state index is 11.6. The second-order valence-electron chi connectivity index (χ2n) is 2.80. The number of alkyl halides is 2. The van der Waals surface area contributed by atoms with E-state index in [4.69, 9.17) is 5.11 Å². The molecule has 0 bridgehead atoms. The molecule has 0 heterocycles. The number of halogens is 2. The molecule has 6 heteroatoms. The number of carbonyl (C=O) groups excluding carboxylic acids is 1. The fourth-order valence-electron chi connectivity index (χ4n) is 0.867. The Bertz CT molecular complexity index is 197. The smallest absolute Gasteiger partial charge is 0.315 e. The van der Waals surface area contributed by atoms with Crippen molar-refractivity contribution in [2.75, 3.05) is 6.54 Å². The van der Waals surface area contributed by atoms with E-state index in [0.717, 1.165) is 0 Å². The molecule has 0 saturated carbocycles. The van der Waals surface area contributed by atoms with Gasteiger partial charge in [0.1, 0.15) is 0 Å².